The van der Waals surface area contributed by atoms with Crippen LogP contribution in [0.3, 0.4) is 0 Å². The standard InChI is InChI=1S/C14H11NS/c1-16-14-9-12(7-8-13(14)10-15)11-5-3-2-4-6-11/h2-9H,1H3. The van der Waals surface area contributed by atoms with Gasteiger partial charge in [-0.1, -0.05) is 36.4 Å². The molecule has 0 unspecified atom stereocenters. The fraction of sp³-hybridized carbons (Fsp3) is 0.0714. The Hall–Kier alpha value is -1.72. The van der Waals surface area contributed by atoms with Gasteiger partial charge in [0.15, 0.2) is 0 Å². The monoisotopic (exact) mass is 225 g/mol. The Kier molecular flexibility index (Phi) is 3.28. The van der Waals surface area contributed by atoms with Crippen LogP contribution in [0.2, 0.25) is 0 Å². The van der Waals surface area contributed by atoms with E-state index in [1.165, 1.54) is 5.56 Å². The lowest BCUT2D eigenvalue weighted by Gasteiger charge is -2.05. The van der Waals surface area contributed by atoms with Gasteiger partial charge in [-0.05, 0) is 29.5 Å². The highest BCUT2D eigenvalue weighted by atomic mass is 32.2. The number of hydrogen-bond donors (Lipinski definition) is 0. The molecule has 0 amide bonds. The number of nitrogens with zero attached hydrogens (tertiary/aromatic N) is 1. The second-order valence-electron chi connectivity index (χ2n) is 3.39. The molecular weight excluding hydrogens is 214 g/mol. The topological polar surface area (TPSA) is 23.8 Å². The summed E-state index contributed by atoms with van der Waals surface area (Å²) in [6.45, 7) is 0. The lowest BCUT2D eigenvalue weighted by molar-refractivity contribution is 1.37. The summed E-state index contributed by atoms with van der Waals surface area (Å²) in [5, 5.41) is 8.95. The van der Waals surface area contributed by atoms with Crippen molar-refractivity contribution in [3.05, 3.63) is 54.1 Å². The molecule has 16 heavy (non-hydrogen) atoms. The summed E-state index contributed by atoms with van der Waals surface area (Å²) in [6.07, 6.45) is 1.99. The molecule has 0 aliphatic carbocycles. The first-order chi connectivity index (χ1) is 7.85. The summed E-state index contributed by atoms with van der Waals surface area (Å²) < 4.78 is 0. The molecule has 0 fully saturated rings. The van der Waals surface area contributed by atoms with E-state index in [0.29, 0.717) is 0 Å². The highest BCUT2D eigenvalue weighted by Gasteiger charge is 2.03. The molecule has 0 heterocycles. The van der Waals surface area contributed by atoms with Gasteiger partial charge in [0.05, 0.1) is 5.56 Å². The summed E-state index contributed by atoms with van der Waals surface area (Å²) in [5.74, 6) is 0. The number of thioether (sulfide) groups is 1. The smallest absolute Gasteiger partial charge is 0.100 e. The Morgan fingerprint density at radius 2 is 1.75 bits per heavy atom. The van der Waals surface area contributed by atoms with E-state index in [1.54, 1.807) is 11.8 Å². The number of benzene rings is 2. The molecule has 2 aromatic carbocycles. The van der Waals surface area contributed by atoms with Crippen LogP contribution in [0, 0.1) is 11.3 Å². The number of nitriles is 1. The first-order valence-corrected chi connectivity index (χ1v) is 6.21. The Labute approximate surface area is 99.7 Å². The van der Waals surface area contributed by atoms with E-state index >= 15 is 0 Å². The predicted octanol–water partition coefficient (Wildman–Crippen LogP) is 3.95. The van der Waals surface area contributed by atoms with Gasteiger partial charge in [0.2, 0.25) is 0 Å². The largest absolute Gasteiger partial charge is 0.192 e. The summed E-state index contributed by atoms with van der Waals surface area (Å²) >= 11 is 1.61. The van der Waals surface area contributed by atoms with E-state index in [2.05, 4.69) is 24.3 Å². The van der Waals surface area contributed by atoms with Crippen molar-refractivity contribution in [3.63, 3.8) is 0 Å². The van der Waals surface area contributed by atoms with Gasteiger partial charge in [-0.25, -0.2) is 0 Å². The fourth-order valence-corrected chi connectivity index (χ4v) is 2.17. The van der Waals surface area contributed by atoms with Crippen LogP contribution >= 0.6 is 11.8 Å². The van der Waals surface area contributed by atoms with Gasteiger partial charge < -0.3 is 0 Å². The zero-order chi connectivity index (χ0) is 11.4. The minimum Gasteiger partial charge on any atom is -0.192 e. The van der Waals surface area contributed by atoms with E-state index in [0.717, 1.165) is 16.0 Å². The second-order valence-corrected chi connectivity index (χ2v) is 4.24. The third-order valence-electron chi connectivity index (χ3n) is 2.43. The van der Waals surface area contributed by atoms with Gasteiger partial charge in [0.25, 0.3) is 0 Å². The van der Waals surface area contributed by atoms with Crippen LogP contribution in [0.25, 0.3) is 11.1 Å². The van der Waals surface area contributed by atoms with Crippen molar-refractivity contribution in [2.24, 2.45) is 0 Å². The fourth-order valence-electron chi connectivity index (χ4n) is 1.59. The maximum Gasteiger partial charge on any atom is 0.100 e. The number of hydrogen-bond acceptors (Lipinski definition) is 2. The molecule has 0 spiro atoms. The Balaban J connectivity index is 2.49. The van der Waals surface area contributed by atoms with Gasteiger partial charge in [-0.2, -0.15) is 5.26 Å². The van der Waals surface area contributed by atoms with Gasteiger partial charge in [0.1, 0.15) is 6.07 Å². The zero-order valence-corrected chi connectivity index (χ0v) is 9.79. The van der Waals surface area contributed by atoms with Gasteiger partial charge >= 0.3 is 0 Å². The lowest BCUT2D eigenvalue weighted by Crippen LogP contribution is -1.83. The van der Waals surface area contributed by atoms with Crippen molar-refractivity contribution in [2.45, 2.75) is 4.90 Å². The first-order valence-electron chi connectivity index (χ1n) is 4.98. The van der Waals surface area contributed by atoms with E-state index in [-0.39, 0.29) is 0 Å². The number of rotatable bonds is 2. The highest BCUT2D eigenvalue weighted by Crippen LogP contribution is 2.27. The quantitative estimate of drug-likeness (QED) is 0.723. The van der Waals surface area contributed by atoms with Crippen molar-refractivity contribution in [3.8, 4) is 17.2 Å². The molecule has 0 saturated carbocycles. The minimum absolute atomic E-state index is 0.743. The third-order valence-corrected chi connectivity index (χ3v) is 3.21. The summed E-state index contributed by atoms with van der Waals surface area (Å²) in [4.78, 5) is 1.03. The van der Waals surface area contributed by atoms with Crippen LogP contribution in [-0.4, -0.2) is 6.26 Å². The molecule has 0 aliphatic heterocycles. The molecular formula is C14H11NS. The summed E-state index contributed by atoms with van der Waals surface area (Å²) in [5.41, 5.74) is 3.08. The van der Waals surface area contributed by atoms with Crippen LogP contribution in [0.1, 0.15) is 5.56 Å². The van der Waals surface area contributed by atoms with Crippen molar-refractivity contribution in [2.75, 3.05) is 6.26 Å². The van der Waals surface area contributed by atoms with E-state index < -0.39 is 0 Å². The third kappa shape index (κ3) is 2.10. The molecule has 0 saturated heterocycles. The zero-order valence-electron chi connectivity index (χ0n) is 8.97. The van der Waals surface area contributed by atoms with Gasteiger partial charge in [-0.3, -0.25) is 0 Å². The van der Waals surface area contributed by atoms with Crippen LogP contribution in [0.15, 0.2) is 53.4 Å². The lowest BCUT2D eigenvalue weighted by atomic mass is 10.0. The first kappa shape index (κ1) is 10.8. The molecule has 1 nitrogen and oxygen atoms in total. The SMILES string of the molecule is CSc1cc(-c2ccccc2)ccc1C#N. The van der Waals surface area contributed by atoms with Crippen LogP contribution in [0.4, 0.5) is 0 Å². The van der Waals surface area contributed by atoms with Gasteiger partial charge in [0, 0.05) is 4.90 Å². The Morgan fingerprint density at radius 1 is 1.00 bits per heavy atom. The van der Waals surface area contributed by atoms with Crippen LogP contribution < -0.4 is 0 Å². The van der Waals surface area contributed by atoms with E-state index in [1.807, 2.05) is 36.6 Å². The average molecular weight is 225 g/mol. The summed E-state index contributed by atoms with van der Waals surface area (Å²) in [6, 6.07) is 18.3. The molecule has 2 rings (SSSR count). The maximum atomic E-state index is 8.95. The van der Waals surface area contributed by atoms with Crippen LogP contribution in [0.5, 0.6) is 0 Å². The molecule has 0 radical (unpaired) electrons. The maximum absolute atomic E-state index is 8.95. The molecule has 0 N–H and O–H groups in total. The summed E-state index contributed by atoms with van der Waals surface area (Å²) in [7, 11) is 0. The van der Waals surface area contributed by atoms with Gasteiger partial charge in [-0.15, -0.1) is 11.8 Å². The molecule has 0 atom stereocenters. The van der Waals surface area contributed by atoms with Crippen molar-refractivity contribution in [1.29, 1.82) is 5.26 Å². The second kappa shape index (κ2) is 4.87. The average Bonchev–Trinajstić information content (AvgIpc) is 2.39. The Morgan fingerprint density at radius 3 is 2.38 bits per heavy atom. The highest BCUT2D eigenvalue weighted by molar-refractivity contribution is 7.98. The molecule has 0 bridgehead atoms. The van der Waals surface area contributed by atoms with E-state index in [9.17, 15) is 0 Å². The predicted molar refractivity (Wildman–Crippen MR) is 68.4 cm³/mol. The van der Waals surface area contributed by atoms with Crippen molar-refractivity contribution >= 4 is 11.8 Å². The van der Waals surface area contributed by atoms with Crippen LogP contribution in [-0.2, 0) is 0 Å². The van der Waals surface area contributed by atoms with E-state index in [4.69, 9.17) is 5.26 Å². The molecule has 0 aromatic heterocycles. The molecule has 78 valence electrons. The minimum atomic E-state index is 0.743. The Bertz CT molecular complexity index is 526. The van der Waals surface area contributed by atoms with Crippen molar-refractivity contribution < 1.29 is 0 Å². The molecule has 2 aromatic rings. The molecule has 0 aliphatic rings. The molecule has 2 heteroatoms. The van der Waals surface area contributed by atoms with Crippen molar-refractivity contribution in [1.82, 2.24) is 0 Å². The normalized spacial score (nSPS) is 9.75.